The van der Waals surface area contributed by atoms with Crippen LogP contribution >= 0.6 is 0 Å². The Morgan fingerprint density at radius 2 is 1.72 bits per heavy atom. The van der Waals surface area contributed by atoms with Crippen molar-refractivity contribution in [2.45, 2.75) is 43.5 Å². The lowest BCUT2D eigenvalue weighted by Crippen LogP contribution is -2.34. The molecule has 2 amide bonds. The van der Waals surface area contributed by atoms with Crippen molar-refractivity contribution in [1.82, 2.24) is 4.72 Å². The van der Waals surface area contributed by atoms with E-state index in [2.05, 4.69) is 10.8 Å². The van der Waals surface area contributed by atoms with Crippen LogP contribution in [0.2, 0.25) is 0 Å². The van der Waals surface area contributed by atoms with E-state index in [0.717, 1.165) is 28.2 Å². The maximum Gasteiger partial charge on any atom is 0.240 e. The SMILES string of the molecule is CC(Cc1ccc2c(c1)CCO2)NS(=O)(=O)c1ccc(N2C(=O)CCC2=O)cc1. The van der Waals surface area contributed by atoms with Crippen LogP contribution in [0.3, 0.4) is 0 Å². The Balaban J connectivity index is 1.44. The summed E-state index contributed by atoms with van der Waals surface area (Å²) in [7, 11) is -3.72. The van der Waals surface area contributed by atoms with Crippen LogP contribution < -0.4 is 14.4 Å². The van der Waals surface area contributed by atoms with Crippen LogP contribution in [0.1, 0.15) is 30.9 Å². The number of imide groups is 1. The fourth-order valence-corrected chi connectivity index (χ4v) is 4.98. The first-order chi connectivity index (χ1) is 13.8. The van der Waals surface area contributed by atoms with E-state index in [9.17, 15) is 18.0 Å². The van der Waals surface area contributed by atoms with E-state index < -0.39 is 10.0 Å². The molecule has 1 unspecified atom stereocenters. The normalized spacial score (nSPS) is 17.3. The van der Waals surface area contributed by atoms with Gasteiger partial charge in [0, 0.05) is 25.3 Å². The summed E-state index contributed by atoms with van der Waals surface area (Å²) in [6, 6.07) is 11.4. The molecular formula is C21H22N2O5S. The molecule has 1 fully saturated rings. The second-order valence-electron chi connectivity index (χ2n) is 7.38. The third kappa shape index (κ3) is 4.04. The fourth-order valence-electron chi connectivity index (χ4n) is 3.73. The van der Waals surface area contributed by atoms with Gasteiger partial charge in [-0.05, 0) is 54.8 Å². The monoisotopic (exact) mass is 414 g/mol. The average molecular weight is 414 g/mol. The summed E-state index contributed by atoms with van der Waals surface area (Å²) in [6.07, 6.45) is 1.80. The first-order valence-electron chi connectivity index (χ1n) is 9.56. The molecule has 1 N–H and O–H groups in total. The zero-order valence-electron chi connectivity index (χ0n) is 16.1. The molecule has 0 aliphatic carbocycles. The highest BCUT2D eigenvalue weighted by atomic mass is 32.2. The number of sulfonamides is 1. The minimum absolute atomic E-state index is 0.0922. The quantitative estimate of drug-likeness (QED) is 0.732. The van der Waals surface area contributed by atoms with Crippen molar-refractivity contribution in [2.75, 3.05) is 11.5 Å². The highest BCUT2D eigenvalue weighted by molar-refractivity contribution is 7.89. The van der Waals surface area contributed by atoms with Gasteiger partial charge in [-0.2, -0.15) is 0 Å². The lowest BCUT2D eigenvalue weighted by molar-refractivity contribution is -0.121. The number of hydrogen-bond donors (Lipinski definition) is 1. The standard InChI is InChI=1S/C21H22N2O5S/c1-14(12-15-2-7-19-16(13-15)10-11-28-19)22-29(26,27)18-5-3-17(4-6-18)23-20(24)8-9-21(23)25/h2-7,13-14,22H,8-12H2,1H3. The summed E-state index contributed by atoms with van der Waals surface area (Å²) < 4.78 is 33.6. The fraction of sp³-hybridized carbons (Fsp3) is 0.333. The molecule has 2 aliphatic heterocycles. The first-order valence-corrected chi connectivity index (χ1v) is 11.0. The smallest absolute Gasteiger partial charge is 0.240 e. The number of anilines is 1. The molecule has 0 bridgehead atoms. The topological polar surface area (TPSA) is 92.8 Å². The third-order valence-corrected chi connectivity index (χ3v) is 6.71. The number of benzene rings is 2. The first kappa shape index (κ1) is 19.6. The molecule has 0 saturated carbocycles. The summed E-state index contributed by atoms with van der Waals surface area (Å²) >= 11 is 0. The number of carbonyl (C=O) groups is 2. The second kappa shape index (κ2) is 7.61. The number of nitrogens with zero attached hydrogens (tertiary/aromatic N) is 1. The van der Waals surface area contributed by atoms with Gasteiger partial charge in [-0.25, -0.2) is 13.1 Å². The van der Waals surface area contributed by atoms with Crippen molar-refractivity contribution in [2.24, 2.45) is 0 Å². The molecule has 1 saturated heterocycles. The third-order valence-electron chi connectivity index (χ3n) is 5.11. The summed E-state index contributed by atoms with van der Waals surface area (Å²) in [4.78, 5) is 24.8. The summed E-state index contributed by atoms with van der Waals surface area (Å²) in [6.45, 7) is 2.50. The minimum atomic E-state index is -3.72. The van der Waals surface area contributed by atoms with E-state index in [0.29, 0.717) is 18.7 Å². The molecular weight excluding hydrogens is 392 g/mol. The number of carbonyl (C=O) groups excluding carboxylic acids is 2. The number of hydrogen-bond acceptors (Lipinski definition) is 5. The second-order valence-corrected chi connectivity index (χ2v) is 9.10. The minimum Gasteiger partial charge on any atom is -0.493 e. The van der Waals surface area contributed by atoms with E-state index in [1.807, 2.05) is 19.1 Å². The number of amides is 2. The lowest BCUT2D eigenvalue weighted by atomic mass is 10.0. The summed E-state index contributed by atoms with van der Waals surface area (Å²) in [5.41, 5.74) is 2.59. The van der Waals surface area contributed by atoms with Gasteiger partial charge in [0.05, 0.1) is 17.2 Å². The molecule has 2 heterocycles. The van der Waals surface area contributed by atoms with E-state index in [4.69, 9.17) is 4.74 Å². The van der Waals surface area contributed by atoms with Gasteiger partial charge in [-0.15, -0.1) is 0 Å². The zero-order valence-corrected chi connectivity index (χ0v) is 16.9. The van der Waals surface area contributed by atoms with Crippen molar-refractivity contribution >= 4 is 27.5 Å². The van der Waals surface area contributed by atoms with Crippen LogP contribution in [0.5, 0.6) is 5.75 Å². The maximum absolute atomic E-state index is 12.7. The highest BCUT2D eigenvalue weighted by Gasteiger charge is 2.30. The Kier molecular flexibility index (Phi) is 5.14. The van der Waals surface area contributed by atoms with E-state index in [1.54, 1.807) is 0 Å². The molecule has 2 aromatic rings. The Hall–Kier alpha value is -2.71. The van der Waals surface area contributed by atoms with Crippen molar-refractivity contribution in [1.29, 1.82) is 0 Å². The van der Waals surface area contributed by atoms with Gasteiger partial charge in [-0.1, -0.05) is 12.1 Å². The average Bonchev–Trinajstić information content (AvgIpc) is 3.27. The Bertz CT molecular complexity index is 1050. The number of rotatable bonds is 6. The van der Waals surface area contributed by atoms with Crippen LogP contribution in [-0.2, 0) is 32.5 Å². The maximum atomic E-state index is 12.7. The molecule has 4 rings (SSSR count). The molecule has 2 aliphatic rings. The van der Waals surface area contributed by atoms with Crippen LogP contribution in [0, 0.1) is 0 Å². The number of nitrogens with one attached hydrogen (secondary N) is 1. The van der Waals surface area contributed by atoms with Gasteiger partial charge in [0.15, 0.2) is 0 Å². The Morgan fingerprint density at radius 3 is 2.41 bits per heavy atom. The molecule has 0 aromatic heterocycles. The van der Waals surface area contributed by atoms with Crippen molar-refractivity contribution in [3.63, 3.8) is 0 Å². The predicted octanol–water partition coefficient (Wildman–Crippen LogP) is 2.18. The van der Waals surface area contributed by atoms with E-state index in [1.165, 1.54) is 24.3 Å². The highest BCUT2D eigenvalue weighted by Crippen LogP contribution is 2.27. The molecule has 29 heavy (non-hydrogen) atoms. The zero-order chi connectivity index (χ0) is 20.6. The van der Waals surface area contributed by atoms with E-state index >= 15 is 0 Å². The summed E-state index contributed by atoms with van der Waals surface area (Å²) in [5.74, 6) is 0.367. The van der Waals surface area contributed by atoms with Crippen LogP contribution in [0.25, 0.3) is 0 Å². The molecule has 152 valence electrons. The van der Waals surface area contributed by atoms with Crippen molar-refractivity contribution < 1.29 is 22.7 Å². The predicted molar refractivity (Wildman–Crippen MR) is 107 cm³/mol. The van der Waals surface area contributed by atoms with Crippen LogP contribution in [-0.4, -0.2) is 32.9 Å². The Labute approximate surface area is 169 Å². The number of fused-ring (bicyclic) bond motifs is 1. The largest absolute Gasteiger partial charge is 0.493 e. The van der Waals surface area contributed by atoms with Gasteiger partial charge in [0.1, 0.15) is 5.75 Å². The van der Waals surface area contributed by atoms with Crippen molar-refractivity contribution in [3.8, 4) is 5.75 Å². The molecule has 0 radical (unpaired) electrons. The van der Waals surface area contributed by atoms with E-state index in [-0.39, 0.29) is 35.6 Å². The van der Waals surface area contributed by atoms with Crippen molar-refractivity contribution in [3.05, 3.63) is 53.6 Å². The molecule has 2 aromatic carbocycles. The van der Waals surface area contributed by atoms with Gasteiger partial charge in [0.2, 0.25) is 21.8 Å². The van der Waals surface area contributed by atoms with Crippen LogP contribution in [0.4, 0.5) is 5.69 Å². The number of ether oxygens (including phenoxy) is 1. The van der Waals surface area contributed by atoms with Gasteiger partial charge in [0.25, 0.3) is 0 Å². The summed E-state index contributed by atoms with van der Waals surface area (Å²) in [5, 5.41) is 0. The molecule has 8 heteroatoms. The lowest BCUT2D eigenvalue weighted by Gasteiger charge is -2.16. The molecule has 0 spiro atoms. The Morgan fingerprint density at radius 1 is 1.03 bits per heavy atom. The van der Waals surface area contributed by atoms with Gasteiger partial charge >= 0.3 is 0 Å². The molecule has 1 atom stereocenters. The van der Waals surface area contributed by atoms with Gasteiger partial charge < -0.3 is 4.74 Å². The molecule has 7 nitrogen and oxygen atoms in total. The van der Waals surface area contributed by atoms with Crippen LogP contribution in [0.15, 0.2) is 47.4 Å². The van der Waals surface area contributed by atoms with Gasteiger partial charge in [-0.3, -0.25) is 14.5 Å².